The van der Waals surface area contributed by atoms with Gasteiger partial charge in [0.05, 0.1) is 19.6 Å². The lowest BCUT2D eigenvalue weighted by Gasteiger charge is -2.29. The molecule has 0 spiro atoms. The van der Waals surface area contributed by atoms with Crippen molar-refractivity contribution in [2.45, 2.75) is 50.4 Å². The first kappa shape index (κ1) is 24.2. The van der Waals surface area contributed by atoms with Crippen molar-refractivity contribution in [3.63, 3.8) is 0 Å². The number of hydrogen-bond acceptors (Lipinski definition) is 5. The Morgan fingerprint density at radius 2 is 1.61 bits per heavy atom. The predicted octanol–water partition coefficient (Wildman–Crippen LogP) is 3.11. The van der Waals surface area contributed by atoms with Crippen LogP contribution in [-0.2, 0) is 29.3 Å². The van der Waals surface area contributed by atoms with Gasteiger partial charge in [0.25, 0.3) is 5.91 Å². The number of ether oxygens (including phenoxy) is 1. The molecule has 1 atom stereocenters. The van der Waals surface area contributed by atoms with Gasteiger partial charge in [0.1, 0.15) is 18.4 Å². The molecule has 11 heteroatoms. The molecule has 2 fully saturated rings. The third-order valence-corrected chi connectivity index (χ3v) is 6.74. The lowest BCUT2D eigenvalue weighted by Crippen LogP contribution is -2.52. The standard InChI is InChI=1S/C25H23F4N3O4/c26-24(27)13-31(14-25(24,28)29)10-15-4-6-16(7-5-15)12-36-20-3-1-2-17-18(20)11-32(23(17)35)19-8-9-21(33)30-22(19)34/h1-7,19H,8-14H2,(H,30,33,34). The van der Waals surface area contributed by atoms with E-state index >= 15 is 0 Å². The fraction of sp³-hybridized carbons (Fsp3) is 0.400. The number of alkyl halides is 4. The Hall–Kier alpha value is -3.47. The van der Waals surface area contributed by atoms with Crippen LogP contribution in [0.2, 0.25) is 0 Å². The average Bonchev–Trinajstić information content (AvgIpc) is 3.25. The van der Waals surface area contributed by atoms with E-state index in [4.69, 9.17) is 4.74 Å². The lowest BCUT2D eigenvalue weighted by molar-refractivity contribution is -0.172. The molecule has 0 bridgehead atoms. The number of halogens is 4. The summed E-state index contributed by atoms with van der Waals surface area (Å²) >= 11 is 0. The maximum Gasteiger partial charge on any atom is 0.323 e. The van der Waals surface area contributed by atoms with E-state index in [1.807, 2.05) is 0 Å². The number of carbonyl (C=O) groups excluding carboxylic acids is 3. The first-order chi connectivity index (χ1) is 17.0. The van der Waals surface area contributed by atoms with Crippen molar-refractivity contribution in [2.75, 3.05) is 13.1 Å². The maximum absolute atomic E-state index is 13.4. The van der Waals surface area contributed by atoms with Crippen LogP contribution in [0.25, 0.3) is 0 Å². The smallest absolute Gasteiger partial charge is 0.323 e. The minimum Gasteiger partial charge on any atom is -0.489 e. The number of fused-ring (bicyclic) bond motifs is 1. The predicted molar refractivity (Wildman–Crippen MR) is 118 cm³/mol. The number of benzene rings is 2. The van der Waals surface area contributed by atoms with E-state index < -0.39 is 36.9 Å². The van der Waals surface area contributed by atoms with Crippen LogP contribution in [0.1, 0.15) is 39.9 Å². The Morgan fingerprint density at radius 1 is 0.944 bits per heavy atom. The molecule has 3 heterocycles. The maximum atomic E-state index is 13.4. The molecular weight excluding hydrogens is 482 g/mol. The number of nitrogens with zero attached hydrogens (tertiary/aromatic N) is 2. The van der Waals surface area contributed by atoms with Crippen LogP contribution in [-0.4, -0.2) is 58.5 Å². The molecule has 3 aliphatic rings. The van der Waals surface area contributed by atoms with Crippen molar-refractivity contribution in [3.05, 3.63) is 64.7 Å². The van der Waals surface area contributed by atoms with Gasteiger partial charge in [-0.05, 0) is 29.7 Å². The van der Waals surface area contributed by atoms with E-state index in [0.717, 1.165) is 10.5 Å². The molecule has 7 nitrogen and oxygen atoms in total. The second kappa shape index (κ2) is 8.88. The molecule has 190 valence electrons. The average molecular weight is 505 g/mol. The Balaban J connectivity index is 1.22. The van der Waals surface area contributed by atoms with Crippen LogP contribution in [0.5, 0.6) is 5.75 Å². The highest BCUT2D eigenvalue weighted by Gasteiger charge is 2.62. The highest BCUT2D eigenvalue weighted by atomic mass is 19.3. The van der Waals surface area contributed by atoms with Crippen LogP contribution >= 0.6 is 0 Å². The first-order valence-corrected chi connectivity index (χ1v) is 11.5. The van der Waals surface area contributed by atoms with Gasteiger partial charge in [0, 0.05) is 24.1 Å². The largest absolute Gasteiger partial charge is 0.489 e. The SMILES string of the molecule is O=C1CCC(N2Cc3c(OCc4ccc(CN5CC(F)(F)C(F)(F)C5)cc4)cccc3C2=O)C(=O)N1. The normalized spacial score (nSPS) is 23.1. The molecule has 2 aromatic rings. The molecular formula is C25H23F4N3O4. The fourth-order valence-corrected chi connectivity index (χ4v) is 4.81. The minimum absolute atomic E-state index is 0.0171. The topological polar surface area (TPSA) is 79.0 Å². The molecule has 1 unspecified atom stereocenters. The number of amides is 3. The number of hydrogen-bond donors (Lipinski definition) is 1. The highest BCUT2D eigenvalue weighted by molar-refractivity contribution is 6.05. The molecule has 36 heavy (non-hydrogen) atoms. The summed E-state index contributed by atoms with van der Waals surface area (Å²) in [5.41, 5.74) is 2.48. The van der Waals surface area contributed by atoms with Crippen molar-refractivity contribution in [1.29, 1.82) is 0 Å². The summed E-state index contributed by atoms with van der Waals surface area (Å²) in [5, 5.41) is 2.27. The highest BCUT2D eigenvalue weighted by Crippen LogP contribution is 2.41. The van der Waals surface area contributed by atoms with Crippen molar-refractivity contribution in [1.82, 2.24) is 15.1 Å². The van der Waals surface area contributed by atoms with E-state index in [2.05, 4.69) is 5.32 Å². The summed E-state index contributed by atoms with van der Waals surface area (Å²) in [6, 6.07) is 11.2. The van der Waals surface area contributed by atoms with Crippen molar-refractivity contribution >= 4 is 17.7 Å². The molecule has 5 rings (SSSR count). The molecule has 0 aromatic heterocycles. The third kappa shape index (κ3) is 4.43. The van der Waals surface area contributed by atoms with Gasteiger partial charge in [-0.15, -0.1) is 0 Å². The van der Waals surface area contributed by atoms with Gasteiger partial charge in [-0.2, -0.15) is 17.6 Å². The van der Waals surface area contributed by atoms with Gasteiger partial charge in [-0.3, -0.25) is 24.6 Å². The Labute approximate surface area is 204 Å². The number of rotatable bonds is 6. The minimum atomic E-state index is -4.04. The summed E-state index contributed by atoms with van der Waals surface area (Å²) in [6.07, 6.45) is 0.429. The Morgan fingerprint density at radius 3 is 2.28 bits per heavy atom. The zero-order valence-corrected chi connectivity index (χ0v) is 19.1. The molecule has 3 aliphatic heterocycles. The molecule has 2 saturated heterocycles. The van der Waals surface area contributed by atoms with Crippen molar-refractivity contribution in [2.24, 2.45) is 0 Å². The van der Waals surface area contributed by atoms with E-state index in [-0.39, 0.29) is 44.4 Å². The van der Waals surface area contributed by atoms with Crippen LogP contribution in [0.15, 0.2) is 42.5 Å². The fourth-order valence-electron chi connectivity index (χ4n) is 4.81. The summed E-state index contributed by atoms with van der Waals surface area (Å²) in [7, 11) is 0. The van der Waals surface area contributed by atoms with Crippen LogP contribution < -0.4 is 10.1 Å². The first-order valence-electron chi connectivity index (χ1n) is 11.5. The molecule has 1 N–H and O–H groups in total. The quantitative estimate of drug-likeness (QED) is 0.482. The van der Waals surface area contributed by atoms with Crippen LogP contribution in [0.4, 0.5) is 17.6 Å². The summed E-state index contributed by atoms with van der Waals surface area (Å²) in [6.45, 7) is -1.66. The summed E-state index contributed by atoms with van der Waals surface area (Å²) in [5.74, 6) is -8.73. The second-order valence-electron chi connectivity index (χ2n) is 9.34. The number of nitrogens with one attached hydrogen (secondary N) is 1. The van der Waals surface area contributed by atoms with Crippen LogP contribution in [0.3, 0.4) is 0 Å². The zero-order chi connectivity index (χ0) is 25.7. The van der Waals surface area contributed by atoms with Crippen LogP contribution in [0, 0.1) is 0 Å². The number of carbonyl (C=O) groups is 3. The van der Waals surface area contributed by atoms with E-state index in [1.165, 1.54) is 4.90 Å². The number of piperidine rings is 1. The third-order valence-electron chi connectivity index (χ3n) is 6.74. The molecule has 0 radical (unpaired) electrons. The van der Waals surface area contributed by atoms with Gasteiger partial charge >= 0.3 is 11.8 Å². The summed E-state index contributed by atoms with van der Waals surface area (Å²) in [4.78, 5) is 39.1. The van der Waals surface area contributed by atoms with E-state index in [0.29, 0.717) is 22.4 Å². The Bertz CT molecular complexity index is 1200. The van der Waals surface area contributed by atoms with Gasteiger partial charge in [-0.25, -0.2) is 0 Å². The van der Waals surface area contributed by atoms with Gasteiger partial charge in [-0.1, -0.05) is 30.3 Å². The monoisotopic (exact) mass is 505 g/mol. The van der Waals surface area contributed by atoms with Gasteiger partial charge in [0.15, 0.2) is 0 Å². The molecule has 2 aromatic carbocycles. The van der Waals surface area contributed by atoms with E-state index in [9.17, 15) is 31.9 Å². The van der Waals surface area contributed by atoms with E-state index in [1.54, 1.807) is 42.5 Å². The summed E-state index contributed by atoms with van der Waals surface area (Å²) < 4.78 is 59.6. The molecule has 0 saturated carbocycles. The molecule has 3 amide bonds. The van der Waals surface area contributed by atoms with Gasteiger partial charge < -0.3 is 9.64 Å². The lowest BCUT2D eigenvalue weighted by atomic mass is 10.0. The zero-order valence-electron chi connectivity index (χ0n) is 19.1. The number of likely N-dealkylation sites (tertiary alicyclic amines) is 1. The number of imide groups is 1. The van der Waals surface area contributed by atoms with Crippen molar-refractivity contribution < 1.29 is 36.7 Å². The second-order valence-corrected chi connectivity index (χ2v) is 9.34. The van der Waals surface area contributed by atoms with Crippen molar-refractivity contribution in [3.8, 4) is 5.75 Å². The molecule has 0 aliphatic carbocycles. The van der Waals surface area contributed by atoms with Gasteiger partial charge in [0.2, 0.25) is 11.8 Å². The Kier molecular flexibility index (Phi) is 5.98.